The lowest BCUT2D eigenvalue weighted by atomic mass is 9.97. The Morgan fingerprint density at radius 3 is 2.43 bits per heavy atom. The molecule has 1 fully saturated rings. The number of aliphatic hydroxyl groups is 1. The maximum absolute atomic E-state index is 9.94. The van der Waals surface area contributed by atoms with E-state index in [0.29, 0.717) is 24.7 Å². The van der Waals surface area contributed by atoms with Crippen molar-refractivity contribution in [2.24, 2.45) is 0 Å². The highest BCUT2D eigenvalue weighted by Gasteiger charge is 2.34. The number of hydrogen-bond acceptors (Lipinski definition) is 6. The molecule has 152 valence electrons. The molecule has 0 saturated carbocycles. The molecule has 0 amide bonds. The van der Waals surface area contributed by atoms with E-state index >= 15 is 0 Å². The van der Waals surface area contributed by atoms with Crippen LogP contribution < -0.4 is 14.2 Å². The van der Waals surface area contributed by atoms with Crippen molar-refractivity contribution in [3.8, 4) is 17.2 Å². The Morgan fingerprint density at radius 2 is 1.75 bits per heavy atom. The topological polar surface area (TPSA) is 60.4 Å². The average molecular weight is 387 g/mol. The monoisotopic (exact) mass is 387 g/mol. The van der Waals surface area contributed by atoms with Gasteiger partial charge in [-0.15, -0.1) is 0 Å². The second-order valence-electron chi connectivity index (χ2n) is 6.94. The summed E-state index contributed by atoms with van der Waals surface area (Å²) in [4.78, 5) is 2.32. The van der Waals surface area contributed by atoms with E-state index in [9.17, 15) is 5.11 Å². The Labute approximate surface area is 166 Å². The van der Waals surface area contributed by atoms with Crippen molar-refractivity contribution in [3.63, 3.8) is 0 Å². The Morgan fingerprint density at radius 1 is 1.00 bits per heavy atom. The predicted octanol–water partition coefficient (Wildman–Crippen LogP) is 2.96. The first-order valence-electron chi connectivity index (χ1n) is 9.43. The molecule has 28 heavy (non-hydrogen) atoms. The fourth-order valence-electron chi connectivity index (χ4n) is 3.78. The van der Waals surface area contributed by atoms with E-state index in [1.54, 1.807) is 21.3 Å². The summed E-state index contributed by atoms with van der Waals surface area (Å²) in [7, 11) is 4.94. The largest absolute Gasteiger partial charge is 0.496 e. The minimum Gasteiger partial charge on any atom is -0.496 e. The van der Waals surface area contributed by atoms with Gasteiger partial charge in [0.25, 0.3) is 0 Å². The molecule has 6 heteroatoms. The lowest BCUT2D eigenvalue weighted by Crippen LogP contribution is -2.46. The molecule has 3 rings (SSSR count). The normalized spacial score (nSPS) is 20.0. The molecule has 1 aliphatic heterocycles. The third-order valence-electron chi connectivity index (χ3n) is 5.20. The van der Waals surface area contributed by atoms with Gasteiger partial charge in [0.1, 0.15) is 11.9 Å². The lowest BCUT2D eigenvalue weighted by molar-refractivity contribution is -0.0962. The second-order valence-corrected chi connectivity index (χ2v) is 6.94. The average Bonchev–Trinajstić information content (AvgIpc) is 2.74. The summed E-state index contributed by atoms with van der Waals surface area (Å²) in [6, 6.07) is 12.0. The van der Waals surface area contributed by atoms with Crippen LogP contribution in [0.2, 0.25) is 0 Å². The van der Waals surface area contributed by atoms with Crippen LogP contribution in [-0.4, -0.2) is 57.2 Å². The van der Waals surface area contributed by atoms with Gasteiger partial charge >= 0.3 is 0 Å². The second kappa shape index (κ2) is 9.28. The first-order chi connectivity index (χ1) is 13.6. The van der Waals surface area contributed by atoms with Crippen LogP contribution in [0, 0.1) is 6.92 Å². The van der Waals surface area contributed by atoms with Gasteiger partial charge in [-0.05, 0) is 36.2 Å². The van der Waals surface area contributed by atoms with Crippen molar-refractivity contribution in [2.45, 2.75) is 25.6 Å². The van der Waals surface area contributed by atoms with Crippen molar-refractivity contribution in [1.29, 1.82) is 0 Å². The number of hydrogen-bond donors (Lipinski definition) is 1. The molecule has 0 aliphatic carbocycles. The molecule has 0 bridgehead atoms. The van der Waals surface area contributed by atoms with Crippen molar-refractivity contribution >= 4 is 0 Å². The van der Waals surface area contributed by atoms with Crippen LogP contribution in [0.3, 0.4) is 0 Å². The highest BCUT2D eigenvalue weighted by molar-refractivity contribution is 5.44. The summed E-state index contributed by atoms with van der Waals surface area (Å²) < 4.78 is 22.3. The highest BCUT2D eigenvalue weighted by Crippen LogP contribution is 2.37. The van der Waals surface area contributed by atoms with Gasteiger partial charge in [0.2, 0.25) is 0 Å². The fraction of sp³-hybridized carbons (Fsp3) is 0.455. The summed E-state index contributed by atoms with van der Waals surface area (Å²) in [6.07, 6.45) is -0.316. The number of ether oxygens (including phenoxy) is 4. The molecule has 0 spiro atoms. The summed E-state index contributed by atoms with van der Waals surface area (Å²) in [5.41, 5.74) is 3.28. The number of methoxy groups -OCH3 is 3. The zero-order valence-electron chi connectivity index (χ0n) is 17.0. The number of aryl methyl sites for hydroxylation is 1. The Kier molecular flexibility index (Phi) is 6.78. The van der Waals surface area contributed by atoms with E-state index in [-0.39, 0.29) is 18.8 Å². The molecule has 1 aliphatic rings. The molecule has 6 nitrogen and oxygen atoms in total. The molecule has 2 aromatic rings. The van der Waals surface area contributed by atoms with Gasteiger partial charge < -0.3 is 24.1 Å². The zero-order valence-corrected chi connectivity index (χ0v) is 17.0. The van der Waals surface area contributed by atoms with Crippen molar-refractivity contribution in [1.82, 2.24) is 4.90 Å². The van der Waals surface area contributed by atoms with Gasteiger partial charge in [0.15, 0.2) is 11.5 Å². The molecule has 1 saturated heterocycles. The van der Waals surface area contributed by atoms with Crippen molar-refractivity contribution in [3.05, 3.63) is 53.1 Å². The fourth-order valence-corrected chi connectivity index (χ4v) is 3.78. The number of morpholine rings is 1. The Bertz CT molecular complexity index is 794. The maximum atomic E-state index is 9.94. The molecule has 1 heterocycles. The third-order valence-corrected chi connectivity index (χ3v) is 5.20. The number of aliphatic hydroxyl groups excluding tert-OH is 1. The molecule has 0 aromatic heterocycles. The SMILES string of the molecule is COc1cc(C)ccc1CN1CCOC(CO)C1c1ccc(OC)c(OC)c1. The number of benzene rings is 2. The van der Waals surface area contributed by atoms with E-state index in [2.05, 4.69) is 24.0 Å². The number of nitrogens with zero attached hydrogens (tertiary/aromatic N) is 1. The Balaban J connectivity index is 1.95. The van der Waals surface area contributed by atoms with E-state index in [4.69, 9.17) is 18.9 Å². The minimum absolute atomic E-state index is 0.0550. The summed E-state index contributed by atoms with van der Waals surface area (Å²) in [5, 5.41) is 9.94. The van der Waals surface area contributed by atoms with Gasteiger partial charge in [-0.25, -0.2) is 0 Å². The maximum Gasteiger partial charge on any atom is 0.161 e. The highest BCUT2D eigenvalue weighted by atomic mass is 16.5. The van der Waals surface area contributed by atoms with E-state index in [1.807, 2.05) is 24.3 Å². The Hall–Kier alpha value is -2.28. The predicted molar refractivity (Wildman–Crippen MR) is 107 cm³/mol. The van der Waals surface area contributed by atoms with Crippen LogP contribution in [0.1, 0.15) is 22.7 Å². The van der Waals surface area contributed by atoms with Crippen LogP contribution in [0.5, 0.6) is 17.2 Å². The van der Waals surface area contributed by atoms with Crippen molar-refractivity contribution in [2.75, 3.05) is 41.1 Å². The van der Waals surface area contributed by atoms with E-state index < -0.39 is 0 Å². The van der Waals surface area contributed by atoms with Crippen LogP contribution in [0.4, 0.5) is 0 Å². The summed E-state index contributed by atoms with van der Waals surface area (Å²) >= 11 is 0. The molecule has 2 atom stereocenters. The van der Waals surface area contributed by atoms with Gasteiger partial charge in [-0.3, -0.25) is 4.90 Å². The minimum atomic E-state index is -0.316. The zero-order chi connectivity index (χ0) is 20.1. The first-order valence-corrected chi connectivity index (χ1v) is 9.43. The van der Waals surface area contributed by atoms with Crippen LogP contribution in [-0.2, 0) is 11.3 Å². The quantitative estimate of drug-likeness (QED) is 0.788. The van der Waals surface area contributed by atoms with Crippen LogP contribution >= 0.6 is 0 Å². The molecule has 1 N–H and O–H groups in total. The van der Waals surface area contributed by atoms with Gasteiger partial charge in [0, 0.05) is 18.7 Å². The summed E-state index contributed by atoms with van der Waals surface area (Å²) in [5.74, 6) is 2.21. The standard InChI is InChI=1S/C22H29NO5/c1-15-5-6-17(19(11-15)26-3)13-23-9-10-28-21(14-24)22(23)16-7-8-18(25-2)20(12-16)27-4/h5-8,11-12,21-22,24H,9-10,13-14H2,1-4H3. The van der Waals surface area contributed by atoms with E-state index in [0.717, 1.165) is 29.0 Å². The summed E-state index contributed by atoms with van der Waals surface area (Å²) in [6.45, 7) is 4.02. The molecule has 0 radical (unpaired) electrons. The van der Waals surface area contributed by atoms with Crippen LogP contribution in [0.25, 0.3) is 0 Å². The lowest BCUT2D eigenvalue weighted by Gasteiger charge is -2.41. The molecular formula is C22H29NO5. The van der Waals surface area contributed by atoms with Gasteiger partial charge in [0.05, 0.1) is 40.6 Å². The van der Waals surface area contributed by atoms with Crippen molar-refractivity contribution < 1.29 is 24.1 Å². The van der Waals surface area contributed by atoms with E-state index in [1.165, 1.54) is 0 Å². The number of rotatable bonds is 7. The van der Waals surface area contributed by atoms with Crippen LogP contribution in [0.15, 0.2) is 36.4 Å². The smallest absolute Gasteiger partial charge is 0.161 e. The third kappa shape index (κ3) is 4.24. The van der Waals surface area contributed by atoms with Gasteiger partial charge in [-0.1, -0.05) is 18.2 Å². The van der Waals surface area contributed by atoms with Gasteiger partial charge in [-0.2, -0.15) is 0 Å². The molecular weight excluding hydrogens is 358 g/mol. The molecule has 2 unspecified atom stereocenters. The molecule has 2 aromatic carbocycles. The first kappa shape index (κ1) is 20.5.